The van der Waals surface area contributed by atoms with Crippen molar-refractivity contribution in [2.45, 2.75) is 18.0 Å². The van der Waals surface area contributed by atoms with Crippen LogP contribution in [0.2, 0.25) is 5.02 Å². The largest absolute Gasteiger partial charge is 0.450 e. The van der Waals surface area contributed by atoms with E-state index in [-0.39, 0.29) is 28.5 Å². The predicted octanol–water partition coefficient (Wildman–Crippen LogP) is 3.01. The highest BCUT2D eigenvalue weighted by Gasteiger charge is 2.27. The van der Waals surface area contributed by atoms with Gasteiger partial charge in [-0.2, -0.15) is 4.31 Å². The molecule has 0 unspecified atom stereocenters. The molecule has 2 aromatic rings. The first-order chi connectivity index (χ1) is 9.84. The molecule has 114 valence electrons. The van der Waals surface area contributed by atoms with E-state index in [9.17, 15) is 8.42 Å². The van der Waals surface area contributed by atoms with E-state index >= 15 is 0 Å². The second-order valence-electron chi connectivity index (χ2n) is 4.40. The van der Waals surface area contributed by atoms with Crippen LogP contribution in [0.4, 0.5) is 0 Å². The monoisotopic (exact) mass is 393 g/mol. The van der Waals surface area contributed by atoms with Crippen LogP contribution in [0.5, 0.6) is 0 Å². The fourth-order valence-corrected chi connectivity index (χ4v) is 3.99. The van der Waals surface area contributed by atoms with E-state index in [0.717, 1.165) is 5.56 Å². The molecule has 1 N–H and O–H groups in total. The van der Waals surface area contributed by atoms with Gasteiger partial charge in [0.15, 0.2) is 4.67 Å². The second-order valence-corrected chi connectivity index (χ2v) is 7.57. The first-order valence-corrected chi connectivity index (χ1v) is 8.55. The van der Waals surface area contributed by atoms with Crippen molar-refractivity contribution in [3.8, 4) is 0 Å². The van der Waals surface area contributed by atoms with Gasteiger partial charge in [0.25, 0.3) is 0 Å². The molecule has 5 nitrogen and oxygen atoms in total. The van der Waals surface area contributed by atoms with Crippen molar-refractivity contribution in [3.05, 3.63) is 51.3 Å². The normalized spacial score (nSPS) is 12.0. The smallest absolute Gasteiger partial charge is 0.247 e. The van der Waals surface area contributed by atoms with Gasteiger partial charge in [0.05, 0.1) is 0 Å². The first-order valence-electron chi connectivity index (χ1n) is 5.94. The molecule has 0 aliphatic carbocycles. The maximum absolute atomic E-state index is 12.5. The Hall–Kier alpha value is -0.860. The van der Waals surface area contributed by atoms with Gasteiger partial charge in [-0.05, 0) is 33.6 Å². The van der Waals surface area contributed by atoms with Gasteiger partial charge in [-0.15, -0.1) is 0 Å². The molecule has 1 aromatic carbocycles. The van der Waals surface area contributed by atoms with Gasteiger partial charge in [-0.1, -0.05) is 23.7 Å². The van der Waals surface area contributed by atoms with Crippen LogP contribution in [-0.2, 0) is 23.2 Å². The number of sulfonamides is 1. The lowest BCUT2D eigenvalue weighted by atomic mass is 10.2. The van der Waals surface area contributed by atoms with Gasteiger partial charge < -0.3 is 9.52 Å². The molecule has 0 saturated heterocycles. The molecule has 21 heavy (non-hydrogen) atoms. The van der Waals surface area contributed by atoms with Crippen LogP contribution in [0, 0.1) is 0 Å². The Morgan fingerprint density at radius 2 is 1.95 bits per heavy atom. The number of benzene rings is 1. The molecule has 0 fully saturated rings. The summed E-state index contributed by atoms with van der Waals surface area (Å²) in [4.78, 5) is -0.0111. The summed E-state index contributed by atoms with van der Waals surface area (Å²) in [6.07, 6.45) is 0. The maximum Gasteiger partial charge on any atom is 0.247 e. The van der Waals surface area contributed by atoms with Crippen LogP contribution >= 0.6 is 27.5 Å². The molecule has 0 spiro atoms. The highest BCUT2D eigenvalue weighted by Crippen LogP contribution is 2.29. The second kappa shape index (κ2) is 6.50. The zero-order chi connectivity index (χ0) is 15.6. The lowest BCUT2D eigenvalue weighted by molar-refractivity contribution is 0.245. The number of rotatable bonds is 5. The van der Waals surface area contributed by atoms with Crippen molar-refractivity contribution in [2.75, 3.05) is 7.05 Å². The summed E-state index contributed by atoms with van der Waals surface area (Å²) < 4.78 is 31.4. The molecule has 2 rings (SSSR count). The van der Waals surface area contributed by atoms with Gasteiger partial charge in [0.1, 0.15) is 17.3 Å². The van der Waals surface area contributed by atoms with Gasteiger partial charge in [-0.3, -0.25) is 0 Å². The molecule has 0 bridgehead atoms. The third-order valence-electron chi connectivity index (χ3n) is 2.87. The lowest BCUT2D eigenvalue weighted by Gasteiger charge is -2.16. The first kappa shape index (κ1) is 16.5. The van der Waals surface area contributed by atoms with Gasteiger partial charge >= 0.3 is 0 Å². The summed E-state index contributed by atoms with van der Waals surface area (Å²) in [6.45, 7) is -0.166. The fourth-order valence-electron chi connectivity index (χ4n) is 1.75. The number of hydrogen-bond donors (Lipinski definition) is 1. The number of nitrogens with zero attached hydrogens (tertiary/aromatic N) is 1. The third kappa shape index (κ3) is 3.67. The Balaban J connectivity index is 2.25. The molecule has 0 saturated carbocycles. The Labute approximate surface area is 136 Å². The number of furan rings is 1. The van der Waals surface area contributed by atoms with Gasteiger partial charge in [0, 0.05) is 24.7 Å². The predicted molar refractivity (Wildman–Crippen MR) is 82.4 cm³/mol. The maximum atomic E-state index is 12.5. The van der Waals surface area contributed by atoms with E-state index in [4.69, 9.17) is 21.1 Å². The van der Waals surface area contributed by atoms with Crippen molar-refractivity contribution in [1.82, 2.24) is 4.31 Å². The molecule has 1 aromatic heterocycles. The Bertz CT molecular complexity index is 727. The molecule has 0 radical (unpaired) electrons. The minimum Gasteiger partial charge on any atom is -0.450 e. The van der Waals surface area contributed by atoms with Crippen LogP contribution in [0.25, 0.3) is 0 Å². The summed E-state index contributed by atoms with van der Waals surface area (Å²) in [7, 11) is -2.24. The molecule has 8 heteroatoms. The zero-order valence-corrected chi connectivity index (χ0v) is 14.2. The van der Waals surface area contributed by atoms with Crippen molar-refractivity contribution in [1.29, 1.82) is 0 Å². The Morgan fingerprint density at radius 3 is 2.48 bits per heavy atom. The van der Waals surface area contributed by atoms with Crippen molar-refractivity contribution in [2.24, 2.45) is 0 Å². The van der Waals surface area contributed by atoms with Gasteiger partial charge in [0.2, 0.25) is 10.0 Å². The van der Waals surface area contributed by atoms with Gasteiger partial charge in [-0.25, -0.2) is 8.42 Å². The van der Waals surface area contributed by atoms with Crippen molar-refractivity contribution >= 4 is 37.6 Å². The standard InChI is InChI=1S/C13H13BrClNO4S/c1-16(7-9-2-4-10(15)5-3-9)21(18,19)12-6-11(8-17)20-13(12)14/h2-6,17H,7-8H2,1H3. The van der Waals surface area contributed by atoms with E-state index in [0.29, 0.717) is 5.02 Å². The average Bonchev–Trinajstić information content (AvgIpc) is 2.83. The highest BCUT2D eigenvalue weighted by molar-refractivity contribution is 9.10. The summed E-state index contributed by atoms with van der Waals surface area (Å²) in [6, 6.07) is 8.23. The molecule has 0 aliphatic heterocycles. The fraction of sp³-hybridized carbons (Fsp3) is 0.231. The number of hydrogen-bond acceptors (Lipinski definition) is 4. The third-order valence-corrected chi connectivity index (χ3v) is 5.78. The highest BCUT2D eigenvalue weighted by atomic mass is 79.9. The Kier molecular flexibility index (Phi) is 5.11. The van der Waals surface area contributed by atoms with Crippen LogP contribution in [-0.4, -0.2) is 24.9 Å². The summed E-state index contributed by atoms with van der Waals surface area (Å²) in [5.41, 5.74) is 0.812. The molecule has 0 atom stereocenters. The van der Waals surface area contributed by atoms with E-state index in [1.165, 1.54) is 17.4 Å². The van der Waals surface area contributed by atoms with E-state index < -0.39 is 10.0 Å². The topological polar surface area (TPSA) is 70.8 Å². The number of halogens is 2. The molecule has 0 amide bonds. The molecular weight excluding hydrogens is 382 g/mol. The Morgan fingerprint density at radius 1 is 1.33 bits per heavy atom. The van der Waals surface area contributed by atoms with E-state index in [1.807, 2.05) is 0 Å². The quantitative estimate of drug-likeness (QED) is 0.846. The summed E-state index contributed by atoms with van der Waals surface area (Å²) in [5, 5.41) is 9.60. The zero-order valence-electron chi connectivity index (χ0n) is 11.1. The lowest BCUT2D eigenvalue weighted by Crippen LogP contribution is -2.26. The van der Waals surface area contributed by atoms with E-state index in [2.05, 4.69) is 15.9 Å². The number of aliphatic hydroxyl groups excluding tert-OH is 1. The minimum atomic E-state index is -3.72. The van der Waals surface area contributed by atoms with E-state index in [1.54, 1.807) is 24.3 Å². The summed E-state index contributed by atoms with van der Waals surface area (Å²) in [5.74, 6) is 0.181. The molecule has 1 heterocycles. The average molecular weight is 395 g/mol. The van der Waals surface area contributed by atoms with Crippen molar-refractivity contribution in [3.63, 3.8) is 0 Å². The minimum absolute atomic E-state index is 0.0111. The van der Waals surface area contributed by atoms with Crippen LogP contribution < -0.4 is 0 Å². The van der Waals surface area contributed by atoms with Crippen LogP contribution in [0.3, 0.4) is 0 Å². The van der Waals surface area contributed by atoms with Crippen LogP contribution in [0.15, 0.2) is 44.3 Å². The summed E-state index contributed by atoms with van der Waals surface area (Å²) >= 11 is 8.86. The van der Waals surface area contributed by atoms with Crippen LogP contribution in [0.1, 0.15) is 11.3 Å². The molecular formula is C13H13BrClNO4S. The molecule has 0 aliphatic rings. The number of aliphatic hydroxyl groups is 1. The van der Waals surface area contributed by atoms with Crippen molar-refractivity contribution < 1.29 is 17.9 Å². The SMILES string of the molecule is CN(Cc1ccc(Cl)cc1)S(=O)(=O)c1cc(CO)oc1Br.